The monoisotopic (exact) mass is 382 g/mol. The van der Waals surface area contributed by atoms with E-state index in [1.807, 2.05) is 0 Å². The predicted molar refractivity (Wildman–Crippen MR) is 94.6 cm³/mol. The molecule has 1 heterocycles. The summed E-state index contributed by atoms with van der Waals surface area (Å²) in [5.41, 5.74) is 0. The lowest BCUT2D eigenvalue weighted by molar-refractivity contribution is 0.161. The molecule has 0 aromatic rings. The van der Waals surface area contributed by atoms with Crippen molar-refractivity contribution < 1.29 is 0 Å². The number of aliphatic imine (C=N–C) groups is 1. The van der Waals surface area contributed by atoms with Crippen LogP contribution >= 0.6 is 24.0 Å². The molecule has 114 valence electrons. The molecule has 1 aliphatic rings. The first-order valence-corrected chi connectivity index (χ1v) is 7.46. The fraction of sp³-hybridized carbons (Fsp3) is 0.929. The van der Waals surface area contributed by atoms with E-state index in [0.29, 0.717) is 12.1 Å². The lowest BCUT2D eigenvalue weighted by Crippen LogP contribution is -2.44. The molecule has 0 aromatic carbocycles. The van der Waals surface area contributed by atoms with Gasteiger partial charge in [0, 0.05) is 18.6 Å². The lowest BCUT2D eigenvalue weighted by atomic mass is 10.0. The molecule has 1 fully saturated rings. The van der Waals surface area contributed by atoms with Gasteiger partial charge in [-0.1, -0.05) is 13.3 Å². The van der Waals surface area contributed by atoms with Crippen LogP contribution in [-0.2, 0) is 0 Å². The molecule has 4 nitrogen and oxygen atoms in total. The average molecular weight is 382 g/mol. The molecule has 0 bridgehead atoms. The van der Waals surface area contributed by atoms with Gasteiger partial charge in [-0.15, -0.1) is 24.0 Å². The Morgan fingerprint density at radius 1 is 1.32 bits per heavy atom. The van der Waals surface area contributed by atoms with Crippen LogP contribution in [0.15, 0.2) is 4.99 Å². The van der Waals surface area contributed by atoms with Crippen molar-refractivity contribution in [1.82, 2.24) is 15.5 Å². The number of hydrogen-bond donors (Lipinski definition) is 2. The number of likely N-dealkylation sites (N-methyl/N-ethyl adjacent to an activating group) is 1. The van der Waals surface area contributed by atoms with E-state index in [1.54, 1.807) is 0 Å². The molecule has 0 saturated carbocycles. The van der Waals surface area contributed by atoms with Crippen LogP contribution in [0, 0.1) is 0 Å². The predicted octanol–water partition coefficient (Wildman–Crippen LogP) is 2.44. The van der Waals surface area contributed by atoms with E-state index < -0.39 is 0 Å². The van der Waals surface area contributed by atoms with Crippen molar-refractivity contribution in [2.24, 2.45) is 4.99 Å². The second-order valence-corrected chi connectivity index (χ2v) is 5.30. The average Bonchev–Trinajstić information content (AvgIpc) is 2.36. The highest BCUT2D eigenvalue weighted by Gasteiger charge is 2.20. The van der Waals surface area contributed by atoms with Crippen molar-refractivity contribution in [2.45, 2.75) is 59.0 Å². The van der Waals surface area contributed by atoms with Gasteiger partial charge in [-0.3, -0.25) is 9.89 Å². The third-order valence-electron chi connectivity index (χ3n) is 3.39. The number of nitrogens with one attached hydrogen (secondary N) is 2. The van der Waals surface area contributed by atoms with E-state index in [4.69, 9.17) is 4.99 Å². The van der Waals surface area contributed by atoms with Crippen molar-refractivity contribution in [3.05, 3.63) is 0 Å². The number of rotatable bonds is 5. The zero-order valence-electron chi connectivity index (χ0n) is 12.9. The number of piperidine rings is 1. The molecule has 2 N–H and O–H groups in total. The Kier molecular flexibility index (Phi) is 10.7. The summed E-state index contributed by atoms with van der Waals surface area (Å²) in [6, 6.07) is 1.06. The third-order valence-corrected chi connectivity index (χ3v) is 3.39. The highest BCUT2D eigenvalue weighted by Crippen LogP contribution is 2.16. The Morgan fingerprint density at radius 2 is 2.05 bits per heavy atom. The molecule has 1 aliphatic heterocycles. The van der Waals surface area contributed by atoms with Crippen molar-refractivity contribution in [3.8, 4) is 0 Å². The minimum absolute atomic E-state index is 0. The summed E-state index contributed by atoms with van der Waals surface area (Å²) in [6.07, 6.45) is 3.99. The van der Waals surface area contributed by atoms with Crippen LogP contribution in [-0.4, -0.2) is 49.1 Å². The number of hydrogen-bond acceptors (Lipinski definition) is 2. The summed E-state index contributed by atoms with van der Waals surface area (Å²) in [4.78, 5) is 7.29. The van der Waals surface area contributed by atoms with Gasteiger partial charge in [-0.25, -0.2) is 0 Å². The maximum absolute atomic E-state index is 4.73. The molecule has 1 unspecified atom stereocenters. The number of guanidine groups is 1. The zero-order valence-corrected chi connectivity index (χ0v) is 15.2. The summed E-state index contributed by atoms with van der Waals surface area (Å²) in [7, 11) is 0. The van der Waals surface area contributed by atoms with Gasteiger partial charge in [0.2, 0.25) is 0 Å². The number of nitrogens with zero attached hydrogens (tertiary/aromatic N) is 2. The summed E-state index contributed by atoms with van der Waals surface area (Å²) in [5, 5.41) is 6.68. The standard InChI is InChI=1S/C14H30N4.HI/c1-5-15-14(17-12(3)4)16-11-13-9-7-8-10-18(13)6-2;/h12-13H,5-11H2,1-4H3,(H2,15,16,17);1H. The fourth-order valence-corrected chi connectivity index (χ4v) is 2.47. The second kappa shape index (κ2) is 10.7. The van der Waals surface area contributed by atoms with Crippen molar-refractivity contribution in [2.75, 3.05) is 26.2 Å². The molecule has 0 radical (unpaired) electrons. The van der Waals surface area contributed by atoms with Gasteiger partial charge in [-0.05, 0) is 46.7 Å². The summed E-state index contributed by atoms with van der Waals surface area (Å²) in [6.45, 7) is 12.9. The van der Waals surface area contributed by atoms with E-state index in [-0.39, 0.29) is 24.0 Å². The Bertz CT molecular complexity index is 256. The van der Waals surface area contributed by atoms with Gasteiger partial charge >= 0.3 is 0 Å². The lowest BCUT2D eigenvalue weighted by Gasteiger charge is -2.34. The van der Waals surface area contributed by atoms with Gasteiger partial charge < -0.3 is 10.6 Å². The zero-order chi connectivity index (χ0) is 13.4. The van der Waals surface area contributed by atoms with Gasteiger partial charge in [-0.2, -0.15) is 0 Å². The smallest absolute Gasteiger partial charge is 0.191 e. The summed E-state index contributed by atoms with van der Waals surface area (Å²) in [5.74, 6) is 0.953. The Labute approximate surface area is 135 Å². The Morgan fingerprint density at radius 3 is 2.63 bits per heavy atom. The molecule has 0 aliphatic carbocycles. The molecule has 0 aromatic heterocycles. The first-order valence-electron chi connectivity index (χ1n) is 7.46. The van der Waals surface area contributed by atoms with Gasteiger partial charge in [0.05, 0.1) is 6.54 Å². The van der Waals surface area contributed by atoms with Crippen LogP contribution in [0.25, 0.3) is 0 Å². The van der Waals surface area contributed by atoms with E-state index in [0.717, 1.165) is 25.6 Å². The minimum Gasteiger partial charge on any atom is -0.357 e. The fourth-order valence-electron chi connectivity index (χ4n) is 2.47. The van der Waals surface area contributed by atoms with Crippen molar-refractivity contribution in [3.63, 3.8) is 0 Å². The first kappa shape index (κ1) is 19.0. The van der Waals surface area contributed by atoms with E-state index in [1.165, 1.54) is 25.8 Å². The van der Waals surface area contributed by atoms with E-state index in [9.17, 15) is 0 Å². The largest absolute Gasteiger partial charge is 0.357 e. The molecule has 0 amide bonds. The maximum Gasteiger partial charge on any atom is 0.191 e. The maximum atomic E-state index is 4.73. The van der Waals surface area contributed by atoms with Crippen LogP contribution in [0.1, 0.15) is 47.0 Å². The van der Waals surface area contributed by atoms with E-state index in [2.05, 4.69) is 43.2 Å². The normalized spacial score (nSPS) is 21.1. The molecule has 0 spiro atoms. The molecular formula is C14H31IN4. The molecule has 19 heavy (non-hydrogen) atoms. The SMILES string of the molecule is CCNC(=NCC1CCCCN1CC)NC(C)C.I. The van der Waals surface area contributed by atoms with Crippen LogP contribution in [0.5, 0.6) is 0 Å². The van der Waals surface area contributed by atoms with Crippen molar-refractivity contribution in [1.29, 1.82) is 0 Å². The molecular weight excluding hydrogens is 351 g/mol. The summed E-state index contributed by atoms with van der Waals surface area (Å²) < 4.78 is 0. The molecule has 1 rings (SSSR count). The van der Waals surface area contributed by atoms with Crippen LogP contribution in [0.3, 0.4) is 0 Å². The quantitative estimate of drug-likeness (QED) is 0.436. The Hall–Kier alpha value is -0.0400. The first-order chi connectivity index (χ1) is 8.67. The van der Waals surface area contributed by atoms with Crippen molar-refractivity contribution >= 4 is 29.9 Å². The van der Waals surface area contributed by atoms with Crippen LogP contribution < -0.4 is 10.6 Å². The molecule has 1 atom stereocenters. The van der Waals surface area contributed by atoms with Gasteiger partial charge in [0.1, 0.15) is 0 Å². The molecule has 5 heteroatoms. The second-order valence-electron chi connectivity index (χ2n) is 5.30. The van der Waals surface area contributed by atoms with Crippen LogP contribution in [0.4, 0.5) is 0 Å². The minimum atomic E-state index is 0. The number of halogens is 1. The van der Waals surface area contributed by atoms with Gasteiger partial charge in [0.15, 0.2) is 5.96 Å². The van der Waals surface area contributed by atoms with E-state index >= 15 is 0 Å². The third kappa shape index (κ3) is 7.34. The number of likely N-dealkylation sites (tertiary alicyclic amines) is 1. The topological polar surface area (TPSA) is 39.7 Å². The van der Waals surface area contributed by atoms with Gasteiger partial charge in [0.25, 0.3) is 0 Å². The van der Waals surface area contributed by atoms with Crippen LogP contribution in [0.2, 0.25) is 0 Å². The summed E-state index contributed by atoms with van der Waals surface area (Å²) >= 11 is 0. The highest BCUT2D eigenvalue weighted by atomic mass is 127. The highest BCUT2D eigenvalue weighted by molar-refractivity contribution is 14.0. The Balaban J connectivity index is 0.00000324. The molecule has 1 saturated heterocycles.